The van der Waals surface area contributed by atoms with Crippen LogP contribution in [0.1, 0.15) is 25.5 Å². The largest absolute Gasteiger partial charge is 0.494 e. The lowest BCUT2D eigenvalue weighted by atomic mass is 9.95. The van der Waals surface area contributed by atoms with Gasteiger partial charge in [0, 0.05) is 11.3 Å². The molecule has 0 spiro atoms. The van der Waals surface area contributed by atoms with E-state index in [-0.39, 0.29) is 6.79 Å². The number of nitrogens with two attached hydrogens (primary N) is 1. The summed E-state index contributed by atoms with van der Waals surface area (Å²) in [6, 6.07) is 12.5. The zero-order valence-electron chi connectivity index (χ0n) is 17.1. The Hall–Kier alpha value is -4.01. The Balaban J connectivity index is 1.59. The summed E-state index contributed by atoms with van der Waals surface area (Å²) in [4.78, 5) is 17.0. The second kappa shape index (κ2) is 7.35. The molecule has 3 aromatic rings. The lowest BCUT2D eigenvalue weighted by molar-refractivity contribution is -0.115. The van der Waals surface area contributed by atoms with E-state index in [9.17, 15) is 4.79 Å². The molecular formula is C22H21N5O4. The standard InChI is InChI=1S/C22H21N5O4/c1-3-29-15-7-4-13(5-8-15)21-25-22-24-12(2)18(20(23)28)19(27(22)26-21)14-6-9-16-17(10-14)31-11-30-16/h4-10,19H,3,11H2,1-2H3,(H2,23,28)(H,24,25,26). The van der Waals surface area contributed by atoms with E-state index in [0.717, 1.165) is 16.9 Å². The summed E-state index contributed by atoms with van der Waals surface area (Å²) in [5.41, 5.74) is 8.42. The van der Waals surface area contributed by atoms with Crippen LogP contribution in [0.2, 0.25) is 0 Å². The lowest BCUT2D eigenvalue weighted by Gasteiger charge is -2.27. The van der Waals surface area contributed by atoms with E-state index < -0.39 is 11.9 Å². The van der Waals surface area contributed by atoms with Gasteiger partial charge in [0.2, 0.25) is 18.6 Å². The fourth-order valence-electron chi connectivity index (χ4n) is 3.85. The predicted molar refractivity (Wildman–Crippen MR) is 113 cm³/mol. The molecule has 2 aliphatic rings. The monoisotopic (exact) mass is 419 g/mol. The van der Waals surface area contributed by atoms with Gasteiger partial charge in [-0.3, -0.25) is 4.79 Å². The zero-order valence-corrected chi connectivity index (χ0v) is 17.1. The van der Waals surface area contributed by atoms with Crippen molar-refractivity contribution in [2.45, 2.75) is 19.9 Å². The molecule has 1 atom stereocenters. The summed E-state index contributed by atoms with van der Waals surface area (Å²) in [6.45, 7) is 4.50. The number of hydrogen-bond acceptors (Lipinski definition) is 7. The van der Waals surface area contributed by atoms with Gasteiger partial charge in [-0.2, -0.15) is 4.98 Å². The molecule has 0 radical (unpaired) electrons. The van der Waals surface area contributed by atoms with Crippen LogP contribution < -0.4 is 25.3 Å². The van der Waals surface area contributed by atoms with Gasteiger partial charge in [0.25, 0.3) is 0 Å². The maximum Gasteiger partial charge on any atom is 0.248 e. The minimum atomic E-state index is -0.549. The van der Waals surface area contributed by atoms with Gasteiger partial charge in [-0.1, -0.05) is 6.07 Å². The summed E-state index contributed by atoms with van der Waals surface area (Å²) < 4.78 is 18.1. The van der Waals surface area contributed by atoms with Gasteiger partial charge in [-0.25, -0.2) is 4.68 Å². The van der Waals surface area contributed by atoms with Gasteiger partial charge in [0.05, 0.1) is 12.2 Å². The van der Waals surface area contributed by atoms with Crippen molar-refractivity contribution < 1.29 is 19.0 Å². The average molecular weight is 419 g/mol. The van der Waals surface area contributed by atoms with Crippen molar-refractivity contribution >= 4 is 11.9 Å². The first-order valence-corrected chi connectivity index (χ1v) is 9.92. The summed E-state index contributed by atoms with van der Waals surface area (Å²) >= 11 is 0. The van der Waals surface area contributed by atoms with Crippen LogP contribution in [-0.4, -0.2) is 34.1 Å². The van der Waals surface area contributed by atoms with Crippen LogP contribution in [0.4, 0.5) is 5.95 Å². The van der Waals surface area contributed by atoms with E-state index in [2.05, 4.69) is 10.3 Å². The van der Waals surface area contributed by atoms with Gasteiger partial charge in [-0.05, 0) is 55.8 Å². The van der Waals surface area contributed by atoms with Gasteiger partial charge in [0.1, 0.15) is 11.8 Å². The summed E-state index contributed by atoms with van der Waals surface area (Å²) in [6.07, 6.45) is 0. The molecule has 0 fully saturated rings. The van der Waals surface area contributed by atoms with Crippen LogP contribution in [-0.2, 0) is 4.79 Å². The molecule has 0 saturated heterocycles. The van der Waals surface area contributed by atoms with Crippen molar-refractivity contribution in [3.8, 4) is 28.6 Å². The molecule has 0 saturated carbocycles. The van der Waals surface area contributed by atoms with Crippen molar-refractivity contribution in [2.75, 3.05) is 18.7 Å². The summed E-state index contributed by atoms with van der Waals surface area (Å²) in [5, 5.41) is 7.86. The van der Waals surface area contributed by atoms with Gasteiger partial charge >= 0.3 is 0 Å². The second-order valence-electron chi connectivity index (χ2n) is 7.20. The molecule has 3 heterocycles. The molecular weight excluding hydrogens is 398 g/mol. The quantitative estimate of drug-likeness (QED) is 0.654. The Morgan fingerprint density at radius 3 is 2.74 bits per heavy atom. The summed E-state index contributed by atoms with van der Waals surface area (Å²) in [7, 11) is 0. The molecule has 31 heavy (non-hydrogen) atoms. The minimum absolute atomic E-state index is 0.166. The second-order valence-corrected chi connectivity index (χ2v) is 7.20. The molecule has 1 aromatic heterocycles. The molecule has 0 bridgehead atoms. The number of benzene rings is 2. The molecule has 0 aliphatic carbocycles. The van der Waals surface area contributed by atoms with Crippen LogP contribution in [0, 0.1) is 0 Å². The number of carbonyl (C=O) groups excluding carboxylic acids is 1. The third-order valence-electron chi connectivity index (χ3n) is 5.25. The Morgan fingerprint density at radius 1 is 1.23 bits per heavy atom. The maximum absolute atomic E-state index is 12.4. The number of fused-ring (bicyclic) bond motifs is 2. The highest BCUT2D eigenvalue weighted by Gasteiger charge is 2.34. The lowest BCUT2D eigenvalue weighted by Crippen LogP contribution is -2.31. The smallest absolute Gasteiger partial charge is 0.248 e. The van der Waals surface area contributed by atoms with Crippen LogP contribution in [0.25, 0.3) is 11.4 Å². The van der Waals surface area contributed by atoms with Crippen molar-refractivity contribution in [1.29, 1.82) is 0 Å². The highest BCUT2D eigenvalue weighted by Crippen LogP contribution is 2.40. The maximum atomic E-state index is 12.4. The Bertz CT molecular complexity index is 1200. The molecule has 1 unspecified atom stereocenters. The number of ether oxygens (including phenoxy) is 3. The number of anilines is 1. The van der Waals surface area contributed by atoms with E-state index in [0.29, 0.717) is 41.1 Å². The van der Waals surface area contributed by atoms with Gasteiger partial charge in [-0.15, -0.1) is 5.10 Å². The Labute approximate surface area is 178 Å². The topological polar surface area (TPSA) is 114 Å². The third kappa shape index (κ3) is 3.24. The van der Waals surface area contributed by atoms with Crippen LogP contribution in [0.5, 0.6) is 17.2 Å². The van der Waals surface area contributed by atoms with Gasteiger partial charge < -0.3 is 25.3 Å². The molecule has 3 N–H and O–H groups in total. The van der Waals surface area contributed by atoms with Crippen LogP contribution in [0.15, 0.2) is 53.7 Å². The van der Waals surface area contributed by atoms with E-state index >= 15 is 0 Å². The predicted octanol–water partition coefficient (Wildman–Crippen LogP) is 2.85. The highest BCUT2D eigenvalue weighted by molar-refractivity contribution is 5.95. The fourth-order valence-corrected chi connectivity index (χ4v) is 3.85. The molecule has 5 rings (SSSR count). The van der Waals surface area contributed by atoms with Crippen LogP contribution in [0.3, 0.4) is 0 Å². The fraction of sp³-hybridized carbons (Fsp3) is 0.227. The van der Waals surface area contributed by atoms with E-state index in [1.165, 1.54) is 0 Å². The number of hydrogen-bond donors (Lipinski definition) is 2. The first-order chi connectivity index (χ1) is 15.0. The first-order valence-electron chi connectivity index (χ1n) is 9.92. The van der Waals surface area contributed by atoms with Crippen molar-refractivity contribution in [3.63, 3.8) is 0 Å². The number of primary amides is 1. The Morgan fingerprint density at radius 2 is 2.00 bits per heavy atom. The van der Waals surface area contributed by atoms with E-state index in [4.69, 9.17) is 25.0 Å². The number of allylic oxidation sites excluding steroid dienone is 1. The third-order valence-corrected chi connectivity index (χ3v) is 5.25. The molecule has 2 aromatic carbocycles. The van der Waals surface area contributed by atoms with Crippen molar-refractivity contribution in [1.82, 2.24) is 14.8 Å². The number of nitrogens with zero attached hydrogens (tertiary/aromatic N) is 3. The molecule has 2 aliphatic heterocycles. The number of aromatic nitrogens is 3. The Kier molecular flexibility index (Phi) is 4.50. The molecule has 9 heteroatoms. The SMILES string of the molecule is CCOc1ccc(-c2nc3n(n2)C(c2ccc4c(c2)OCO4)C(C(N)=O)=C(C)N3)cc1. The van der Waals surface area contributed by atoms with Crippen molar-refractivity contribution in [2.24, 2.45) is 5.73 Å². The number of carbonyl (C=O) groups is 1. The first kappa shape index (κ1) is 19.0. The summed E-state index contributed by atoms with van der Waals surface area (Å²) in [5.74, 6) is 2.57. The number of rotatable bonds is 5. The van der Waals surface area contributed by atoms with Gasteiger partial charge in [0.15, 0.2) is 17.3 Å². The minimum Gasteiger partial charge on any atom is -0.494 e. The van der Waals surface area contributed by atoms with Crippen LogP contribution >= 0.6 is 0 Å². The molecule has 158 valence electrons. The van der Waals surface area contributed by atoms with Crippen molar-refractivity contribution in [3.05, 3.63) is 59.3 Å². The van der Waals surface area contributed by atoms with E-state index in [1.807, 2.05) is 49.4 Å². The average Bonchev–Trinajstić information content (AvgIpc) is 3.39. The number of amides is 1. The normalized spacial score (nSPS) is 16.6. The molecule has 9 nitrogen and oxygen atoms in total. The molecule has 1 amide bonds. The number of nitrogens with one attached hydrogen (secondary N) is 1. The zero-order chi connectivity index (χ0) is 21.5. The van der Waals surface area contributed by atoms with E-state index in [1.54, 1.807) is 11.6 Å². The highest BCUT2D eigenvalue weighted by atomic mass is 16.7.